The molecule has 2 nitrogen and oxygen atoms in total. The highest BCUT2D eigenvalue weighted by Gasteiger charge is 2.27. The first kappa shape index (κ1) is 13.3. The molecule has 1 heterocycles. The van der Waals surface area contributed by atoms with Crippen molar-refractivity contribution in [1.82, 2.24) is 10.3 Å². The van der Waals surface area contributed by atoms with Gasteiger partial charge < -0.3 is 5.32 Å². The van der Waals surface area contributed by atoms with E-state index >= 15 is 0 Å². The zero-order chi connectivity index (χ0) is 13.9. The quantitative estimate of drug-likeness (QED) is 0.921. The first-order valence-corrected chi connectivity index (χ1v) is 7.22. The summed E-state index contributed by atoms with van der Waals surface area (Å²) in [6, 6.07) is 9.65. The van der Waals surface area contributed by atoms with Gasteiger partial charge in [-0.05, 0) is 48.2 Å². The number of aryl methyl sites for hydroxylation is 1. The Bertz CT molecular complexity index is 610. The number of rotatable bonds is 4. The largest absolute Gasteiger partial charge is 0.313 e. The number of fused-ring (bicyclic) bond motifs is 1. The van der Waals surface area contributed by atoms with Gasteiger partial charge in [0.1, 0.15) is 5.82 Å². The normalized spacial score (nSPS) is 17.2. The molecule has 0 saturated carbocycles. The Morgan fingerprint density at radius 3 is 3.05 bits per heavy atom. The molecule has 1 aromatic heterocycles. The van der Waals surface area contributed by atoms with Crippen LogP contribution in [0, 0.1) is 5.82 Å². The number of benzene rings is 1. The molecule has 3 rings (SSSR count). The van der Waals surface area contributed by atoms with E-state index < -0.39 is 0 Å². The average molecular weight is 270 g/mol. The lowest BCUT2D eigenvalue weighted by molar-refractivity contribution is 0.588. The molecule has 0 amide bonds. The van der Waals surface area contributed by atoms with E-state index in [9.17, 15) is 4.39 Å². The van der Waals surface area contributed by atoms with Crippen LogP contribution < -0.4 is 5.32 Å². The van der Waals surface area contributed by atoms with E-state index in [1.54, 1.807) is 12.3 Å². The summed E-state index contributed by atoms with van der Waals surface area (Å²) in [5.74, 6) is 0.00305. The fourth-order valence-electron chi connectivity index (χ4n) is 2.95. The van der Waals surface area contributed by atoms with Crippen LogP contribution in [-0.2, 0) is 13.0 Å². The van der Waals surface area contributed by atoms with Crippen LogP contribution in [0.5, 0.6) is 0 Å². The molecule has 2 aromatic rings. The lowest BCUT2D eigenvalue weighted by Crippen LogP contribution is -2.12. The molecule has 1 aliphatic carbocycles. The molecule has 1 aliphatic rings. The number of nitrogens with zero attached hydrogens (tertiary/aromatic N) is 1. The molecule has 0 spiro atoms. The summed E-state index contributed by atoms with van der Waals surface area (Å²) in [4.78, 5) is 4.45. The van der Waals surface area contributed by atoms with Crippen molar-refractivity contribution in [2.24, 2.45) is 0 Å². The minimum absolute atomic E-state index is 0.107. The van der Waals surface area contributed by atoms with Gasteiger partial charge in [0.05, 0.1) is 5.69 Å². The molecular weight excluding hydrogens is 251 g/mol. The van der Waals surface area contributed by atoms with Crippen molar-refractivity contribution in [3.8, 4) is 0 Å². The van der Waals surface area contributed by atoms with E-state index in [1.807, 2.05) is 25.1 Å². The number of hydrogen-bond donors (Lipinski definition) is 1. The third kappa shape index (κ3) is 2.46. The van der Waals surface area contributed by atoms with Gasteiger partial charge in [0.15, 0.2) is 0 Å². The summed E-state index contributed by atoms with van der Waals surface area (Å²) < 4.78 is 14.4. The highest BCUT2D eigenvalue weighted by atomic mass is 19.1. The van der Waals surface area contributed by atoms with Crippen LogP contribution in [0.25, 0.3) is 0 Å². The molecule has 1 aromatic carbocycles. The van der Waals surface area contributed by atoms with Crippen LogP contribution in [0.4, 0.5) is 4.39 Å². The lowest BCUT2D eigenvalue weighted by atomic mass is 9.95. The minimum atomic E-state index is -0.107. The van der Waals surface area contributed by atoms with Gasteiger partial charge in [0.2, 0.25) is 0 Å². The van der Waals surface area contributed by atoms with E-state index in [1.165, 1.54) is 5.56 Å². The van der Waals surface area contributed by atoms with Crippen LogP contribution in [0.1, 0.15) is 41.6 Å². The Balaban J connectivity index is 1.88. The molecule has 1 atom stereocenters. The molecule has 0 aliphatic heterocycles. The van der Waals surface area contributed by atoms with Crippen molar-refractivity contribution in [3.05, 3.63) is 64.7 Å². The topological polar surface area (TPSA) is 24.9 Å². The number of nitrogens with one attached hydrogen (secondary N) is 1. The van der Waals surface area contributed by atoms with Crippen molar-refractivity contribution >= 4 is 0 Å². The number of pyridine rings is 1. The van der Waals surface area contributed by atoms with Gasteiger partial charge in [-0.25, -0.2) is 4.39 Å². The number of hydrogen-bond acceptors (Lipinski definition) is 2. The second-order valence-electron chi connectivity index (χ2n) is 5.28. The molecular formula is C17H19FN2. The van der Waals surface area contributed by atoms with Crippen molar-refractivity contribution < 1.29 is 4.39 Å². The minimum Gasteiger partial charge on any atom is -0.313 e. The van der Waals surface area contributed by atoms with Crippen LogP contribution in [0.15, 0.2) is 36.5 Å². The first-order chi connectivity index (χ1) is 9.79. The van der Waals surface area contributed by atoms with Gasteiger partial charge >= 0.3 is 0 Å². The second kappa shape index (κ2) is 5.71. The molecule has 0 fully saturated rings. The average Bonchev–Trinajstić information content (AvgIpc) is 2.89. The van der Waals surface area contributed by atoms with Crippen molar-refractivity contribution in [2.45, 2.75) is 32.2 Å². The van der Waals surface area contributed by atoms with Crippen molar-refractivity contribution in [3.63, 3.8) is 0 Å². The predicted octanol–water partition coefficient (Wildman–Crippen LogP) is 3.41. The fraction of sp³-hybridized carbons (Fsp3) is 0.353. The van der Waals surface area contributed by atoms with Gasteiger partial charge in [-0.3, -0.25) is 4.98 Å². The van der Waals surface area contributed by atoms with Gasteiger partial charge in [0.25, 0.3) is 0 Å². The van der Waals surface area contributed by atoms with Crippen LogP contribution in [-0.4, -0.2) is 11.5 Å². The lowest BCUT2D eigenvalue weighted by Gasteiger charge is -2.13. The summed E-state index contributed by atoms with van der Waals surface area (Å²) in [7, 11) is 0. The molecule has 0 radical (unpaired) electrons. The summed E-state index contributed by atoms with van der Waals surface area (Å²) in [5, 5.41) is 3.22. The Labute approximate surface area is 119 Å². The van der Waals surface area contributed by atoms with Crippen molar-refractivity contribution in [2.75, 3.05) is 6.54 Å². The molecule has 0 saturated heterocycles. The molecule has 104 valence electrons. The third-order valence-corrected chi connectivity index (χ3v) is 3.98. The van der Waals surface area contributed by atoms with Gasteiger partial charge in [-0.1, -0.05) is 25.1 Å². The van der Waals surface area contributed by atoms with Gasteiger partial charge in [-0.2, -0.15) is 0 Å². The maximum absolute atomic E-state index is 14.4. The molecule has 3 heteroatoms. The Morgan fingerprint density at radius 2 is 2.25 bits per heavy atom. The van der Waals surface area contributed by atoms with E-state index in [4.69, 9.17) is 0 Å². The monoisotopic (exact) mass is 270 g/mol. The van der Waals surface area contributed by atoms with Crippen molar-refractivity contribution in [1.29, 1.82) is 0 Å². The SMILES string of the molecule is CCNCc1ccc(C2CCc3cccnc32)c(F)c1. The standard InChI is InChI=1S/C17H19FN2/c1-2-19-11-12-5-7-14(16(18)10-12)15-8-6-13-4-3-9-20-17(13)15/h3-5,7,9-10,15,19H,2,6,8,11H2,1H3. The molecule has 0 bridgehead atoms. The van der Waals surface area contributed by atoms with E-state index in [0.717, 1.165) is 36.2 Å². The van der Waals surface area contributed by atoms with E-state index in [2.05, 4.69) is 16.4 Å². The Kier molecular flexibility index (Phi) is 3.79. The predicted molar refractivity (Wildman–Crippen MR) is 78.2 cm³/mol. The highest BCUT2D eigenvalue weighted by molar-refractivity contribution is 5.39. The summed E-state index contributed by atoms with van der Waals surface area (Å²) >= 11 is 0. The van der Waals surface area contributed by atoms with Gasteiger partial charge in [-0.15, -0.1) is 0 Å². The maximum Gasteiger partial charge on any atom is 0.127 e. The van der Waals surface area contributed by atoms with Gasteiger partial charge in [0, 0.05) is 18.7 Å². The first-order valence-electron chi connectivity index (χ1n) is 7.22. The third-order valence-electron chi connectivity index (χ3n) is 3.98. The Hall–Kier alpha value is -1.74. The maximum atomic E-state index is 14.4. The zero-order valence-electron chi connectivity index (χ0n) is 11.7. The molecule has 20 heavy (non-hydrogen) atoms. The molecule has 1 unspecified atom stereocenters. The number of aromatic nitrogens is 1. The molecule has 1 N–H and O–H groups in total. The van der Waals surface area contributed by atoms with Crippen LogP contribution >= 0.6 is 0 Å². The van der Waals surface area contributed by atoms with E-state index in [0.29, 0.717) is 6.54 Å². The second-order valence-corrected chi connectivity index (χ2v) is 5.28. The van der Waals surface area contributed by atoms with Crippen LogP contribution in [0.3, 0.4) is 0 Å². The Morgan fingerprint density at radius 1 is 1.35 bits per heavy atom. The summed E-state index contributed by atoms with van der Waals surface area (Å²) in [6.07, 6.45) is 3.75. The smallest absolute Gasteiger partial charge is 0.127 e. The summed E-state index contributed by atoms with van der Waals surface area (Å²) in [6.45, 7) is 3.66. The zero-order valence-corrected chi connectivity index (χ0v) is 11.7. The summed E-state index contributed by atoms with van der Waals surface area (Å²) in [5.41, 5.74) is 4.08. The van der Waals surface area contributed by atoms with E-state index in [-0.39, 0.29) is 11.7 Å². The fourth-order valence-corrected chi connectivity index (χ4v) is 2.95. The highest BCUT2D eigenvalue weighted by Crippen LogP contribution is 2.37. The number of halogens is 1. The van der Waals surface area contributed by atoms with Crippen LogP contribution in [0.2, 0.25) is 0 Å².